The fourth-order valence-corrected chi connectivity index (χ4v) is 3.31. The van der Waals surface area contributed by atoms with Gasteiger partial charge < -0.3 is 5.11 Å². The molecule has 0 amide bonds. The lowest BCUT2D eigenvalue weighted by atomic mass is 9.78. The second-order valence-electron chi connectivity index (χ2n) is 4.90. The van der Waals surface area contributed by atoms with E-state index in [9.17, 15) is 10.4 Å². The van der Waals surface area contributed by atoms with Crippen molar-refractivity contribution in [2.45, 2.75) is 38.7 Å². The highest BCUT2D eigenvalue weighted by atomic mass is 79.9. The summed E-state index contributed by atoms with van der Waals surface area (Å²) in [6.45, 7) is 2.01. The van der Waals surface area contributed by atoms with Crippen molar-refractivity contribution >= 4 is 15.9 Å². The van der Waals surface area contributed by atoms with E-state index >= 15 is 0 Å². The molecule has 0 spiro atoms. The average molecular weight is 294 g/mol. The second kappa shape index (κ2) is 4.80. The number of benzene rings is 1. The lowest BCUT2D eigenvalue weighted by molar-refractivity contribution is 0.0665. The highest BCUT2D eigenvalue weighted by molar-refractivity contribution is 9.10. The van der Waals surface area contributed by atoms with Crippen molar-refractivity contribution in [3.05, 3.63) is 33.8 Å². The van der Waals surface area contributed by atoms with Gasteiger partial charge in [-0.15, -0.1) is 0 Å². The molecule has 1 atom stereocenters. The predicted octanol–water partition coefficient (Wildman–Crippen LogP) is 3.87. The molecular weight excluding hydrogens is 278 g/mol. The molecule has 17 heavy (non-hydrogen) atoms. The highest BCUT2D eigenvalue weighted by Gasteiger charge is 2.42. The van der Waals surface area contributed by atoms with Gasteiger partial charge in [-0.05, 0) is 37.0 Å². The number of hydrogen-bond donors (Lipinski definition) is 1. The van der Waals surface area contributed by atoms with Gasteiger partial charge in [0.2, 0.25) is 0 Å². The van der Waals surface area contributed by atoms with Crippen LogP contribution in [0.15, 0.2) is 22.7 Å². The van der Waals surface area contributed by atoms with Crippen molar-refractivity contribution in [2.75, 3.05) is 0 Å². The van der Waals surface area contributed by atoms with Crippen LogP contribution in [0.4, 0.5) is 0 Å². The molecule has 1 aliphatic rings. The molecule has 1 N–H and O–H groups in total. The third-order valence-electron chi connectivity index (χ3n) is 3.69. The molecule has 90 valence electrons. The number of aryl methyl sites for hydroxylation is 1. The van der Waals surface area contributed by atoms with E-state index in [1.54, 1.807) is 0 Å². The van der Waals surface area contributed by atoms with E-state index in [4.69, 9.17) is 0 Å². The van der Waals surface area contributed by atoms with E-state index in [1.165, 1.54) is 0 Å². The Balaban J connectivity index is 2.36. The first-order valence-electron chi connectivity index (χ1n) is 5.94. The number of halogens is 1. The Morgan fingerprint density at radius 2 is 2.06 bits per heavy atom. The molecule has 1 aliphatic carbocycles. The van der Waals surface area contributed by atoms with Crippen molar-refractivity contribution in [1.29, 1.82) is 5.26 Å². The molecule has 0 heterocycles. The van der Waals surface area contributed by atoms with E-state index in [-0.39, 0.29) is 0 Å². The van der Waals surface area contributed by atoms with Crippen LogP contribution in [0.2, 0.25) is 0 Å². The van der Waals surface area contributed by atoms with E-state index < -0.39 is 11.5 Å². The Bertz CT molecular complexity index is 458. The first-order valence-corrected chi connectivity index (χ1v) is 6.74. The van der Waals surface area contributed by atoms with Crippen LogP contribution in [0.5, 0.6) is 0 Å². The molecule has 2 nitrogen and oxygen atoms in total. The zero-order chi connectivity index (χ0) is 12.5. The van der Waals surface area contributed by atoms with Crippen molar-refractivity contribution in [2.24, 2.45) is 5.41 Å². The first kappa shape index (κ1) is 12.6. The van der Waals surface area contributed by atoms with Crippen molar-refractivity contribution in [3.8, 4) is 6.07 Å². The molecule has 0 aliphatic heterocycles. The summed E-state index contributed by atoms with van der Waals surface area (Å²) in [7, 11) is 0. The largest absolute Gasteiger partial charge is 0.387 e. The van der Waals surface area contributed by atoms with Crippen LogP contribution in [-0.2, 0) is 0 Å². The Hall–Kier alpha value is -0.850. The molecule has 0 aromatic heterocycles. The lowest BCUT2D eigenvalue weighted by Gasteiger charge is -2.28. The van der Waals surface area contributed by atoms with Gasteiger partial charge >= 0.3 is 0 Å². The SMILES string of the molecule is Cc1ccc(C(O)C2(C#N)CCCC2)c(Br)c1. The molecule has 1 fully saturated rings. The summed E-state index contributed by atoms with van der Waals surface area (Å²) in [5.74, 6) is 0. The molecule has 0 bridgehead atoms. The summed E-state index contributed by atoms with van der Waals surface area (Å²) in [5, 5.41) is 19.9. The minimum atomic E-state index is -0.690. The Labute approximate surface area is 110 Å². The molecule has 2 rings (SSSR count). The van der Waals surface area contributed by atoms with Gasteiger partial charge in [-0.3, -0.25) is 0 Å². The maximum Gasteiger partial charge on any atom is 0.0987 e. The van der Waals surface area contributed by atoms with Crippen LogP contribution >= 0.6 is 15.9 Å². The molecule has 3 heteroatoms. The topological polar surface area (TPSA) is 44.0 Å². The van der Waals surface area contributed by atoms with Crippen molar-refractivity contribution in [1.82, 2.24) is 0 Å². The molecular formula is C14H16BrNO. The summed E-state index contributed by atoms with van der Waals surface area (Å²) in [4.78, 5) is 0. The fourth-order valence-electron chi connectivity index (χ4n) is 2.60. The van der Waals surface area contributed by atoms with Gasteiger partial charge in [-0.2, -0.15) is 5.26 Å². The number of hydrogen-bond acceptors (Lipinski definition) is 2. The molecule has 0 saturated heterocycles. The number of nitrogens with zero attached hydrogens (tertiary/aromatic N) is 1. The summed E-state index contributed by atoms with van der Waals surface area (Å²) in [5.41, 5.74) is 1.39. The number of aliphatic hydroxyl groups is 1. The van der Waals surface area contributed by atoms with Crippen LogP contribution in [0.25, 0.3) is 0 Å². The maximum atomic E-state index is 10.5. The smallest absolute Gasteiger partial charge is 0.0987 e. The highest BCUT2D eigenvalue weighted by Crippen LogP contribution is 2.48. The minimum absolute atomic E-state index is 0.586. The lowest BCUT2D eigenvalue weighted by Crippen LogP contribution is -2.24. The first-order chi connectivity index (χ1) is 8.09. The summed E-state index contributed by atoms with van der Waals surface area (Å²) in [6, 6.07) is 8.23. The van der Waals surface area contributed by atoms with E-state index in [1.807, 2.05) is 25.1 Å². The summed E-state index contributed by atoms with van der Waals surface area (Å²) >= 11 is 3.48. The van der Waals surface area contributed by atoms with Crippen molar-refractivity contribution in [3.63, 3.8) is 0 Å². The Morgan fingerprint density at radius 3 is 2.59 bits per heavy atom. The molecule has 1 unspecified atom stereocenters. The molecule has 1 saturated carbocycles. The van der Waals surface area contributed by atoms with E-state index in [2.05, 4.69) is 22.0 Å². The van der Waals surface area contributed by atoms with Gasteiger partial charge in [0.1, 0.15) is 0 Å². The quantitative estimate of drug-likeness (QED) is 0.899. The van der Waals surface area contributed by atoms with Crippen LogP contribution < -0.4 is 0 Å². The van der Waals surface area contributed by atoms with Crippen LogP contribution in [0, 0.1) is 23.7 Å². The van der Waals surface area contributed by atoms with Crippen LogP contribution in [-0.4, -0.2) is 5.11 Å². The third-order valence-corrected chi connectivity index (χ3v) is 4.38. The molecule has 0 radical (unpaired) electrons. The zero-order valence-corrected chi connectivity index (χ0v) is 11.5. The Kier molecular flexibility index (Phi) is 3.56. The zero-order valence-electron chi connectivity index (χ0n) is 9.91. The fraction of sp³-hybridized carbons (Fsp3) is 0.500. The number of aliphatic hydroxyl groups excluding tert-OH is 1. The Morgan fingerprint density at radius 1 is 1.41 bits per heavy atom. The van der Waals surface area contributed by atoms with Gasteiger partial charge in [0.15, 0.2) is 0 Å². The van der Waals surface area contributed by atoms with E-state index in [0.717, 1.165) is 41.3 Å². The standard InChI is InChI=1S/C14H16BrNO/c1-10-4-5-11(12(15)8-10)13(17)14(9-16)6-2-3-7-14/h4-5,8,13,17H,2-3,6-7H2,1H3. The minimum Gasteiger partial charge on any atom is -0.387 e. The van der Waals surface area contributed by atoms with E-state index in [0.29, 0.717) is 0 Å². The number of nitriles is 1. The number of rotatable bonds is 2. The molecule has 1 aromatic rings. The maximum absolute atomic E-state index is 10.5. The van der Waals surface area contributed by atoms with Crippen LogP contribution in [0.1, 0.15) is 42.9 Å². The van der Waals surface area contributed by atoms with Gasteiger partial charge in [0.05, 0.1) is 17.6 Å². The van der Waals surface area contributed by atoms with Gasteiger partial charge in [-0.1, -0.05) is 40.9 Å². The normalized spacial score (nSPS) is 19.9. The average Bonchev–Trinajstić information content (AvgIpc) is 2.78. The van der Waals surface area contributed by atoms with Crippen LogP contribution in [0.3, 0.4) is 0 Å². The summed E-state index contributed by atoms with van der Waals surface area (Å²) in [6.07, 6.45) is 2.98. The van der Waals surface area contributed by atoms with Gasteiger partial charge in [0, 0.05) is 4.47 Å². The molecule has 1 aromatic carbocycles. The second-order valence-corrected chi connectivity index (χ2v) is 5.76. The van der Waals surface area contributed by atoms with Gasteiger partial charge in [-0.25, -0.2) is 0 Å². The van der Waals surface area contributed by atoms with Gasteiger partial charge in [0.25, 0.3) is 0 Å². The van der Waals surface area contributed by atoms with Crippen molar-refractivity contribution < 1.29 is 5.11 Å². The summed E-state index contributed by atoms with van der Waals surface area (Å²) < 4.78 is 0.895. The third kappa shape index (κ3) is 2.25. The monoisotopic (exact) mass is 293 g/mol. The predicted molar refractivity (Wildman–Crippen MR) is 70.4 cm³/mol.